The van der Waals surface area contributed by atoms with Gasteiger partial charge in [-0.3, -0.25) is 0 Å². The van der Waals surface area contributed by atoms with Crippen molar-refractivity contribution in [2.24, 2.45) is 0 Å². The van der Waals surface area contributed by atoms with Gasteiger partial charge in [-0.05, 0) is 72.1 Å². The van der Waals surface area contributed by atoms with Crippen LogP contribution in [-0.2, 0) is 0 Å². The number of nitrogens with zero attached hydrogens (tertiary/aromatic N) is 2. The Hall–Kier alpha value is -3.20. The molecule has 3 N–H and O–H groups in total. The Labute approximate surface area is 216 Å². The minimum Gasteiger partial charge on any atom is -0.396 e. The molecule has 0 bridgehead atoms. The van der Waals surface area contributed by atoms with Crippen LogP contribution >= 0.6 is 46.4 Å². The number of halogens is 4. The van der Waals surface area contributed by atoms with E-state index in [0.717, 1.165) is 27.9 Å². The first-order chi connectivity index (χ1) is 16.4. The fourth-order valence-corrected chi connectivity index (χ4v) is 3.72. The lowest BCUT2D eigenvalue weighted by atomic mass is 10.1. The first-order valence-corrected chi connectivity index (χ1v) is 11.5. The molecule has 0 aliphatic carbocycles. The average Bonchev–Trinajstić information content (AvgIpc) is 3.23. The summed E-state index contributed by atoms with van der Waals surface area (Å²) < 4.78 is 0. The van der Waals surface area contributed by atoms with E-state index >= 15 is 0 Å². The molecule has 0 aliphatic heterocycles. The Kier molecular flexibility index (Phi) is 7.62. The number of anilines is 1. The first kappa shape index (κ1) is 23.9. The zero-order chi connectivity index (χ0) is 24.1. The molecule has 3 aromatic heterocycles. The van der Waals surface area contributed by atoms with Crippen LogP contribution in [0.25, 0.3) is 22.3 Å². The number of fused-ring (bicyclic) bond motifs is 1. The zero-order valence-corrected chi connectivity index (χ0v) is 20.5. The van der Waals surface area contributed by atoms with E-state index in [1.165, 1.54) is 0 Å². The quantitative estimate of drug-likeness (QED) is 0.172. The SMILES string of the molecule is Clc1cccc(-c2cc3nc(Cl)ccc3[nH]2)c1.Nc1ccc(Cl)nc1C#Cc1cccc(Cl)c1. The zero-order valence-electron chi connectivity index (χ0n) is 17.5. The van der Waals surface area contributed by atoms with Crippen LogP contribution < -0.4 is 5.73 Å². The second kappa shape index (κ2) is 10.8. The molecular formula is C26H16Cl4N4. The normalized spacial score (nSPS) is 10.2. The fraction of sp³-hybridized carbons (Fsp3) is 0. The number of hydrogen-bond donors (Lipinski definition) is 2. The summed E-state index contributed by atoms with van der Waals surface area (Å²) in [7, 11) is 0. The monoisotopic (exact) mass is 524 g/mol. The Balaban J connectivity index is 0.000000161. The van der Waals surface area contributed by atoms with E-state index in [-0.39, 0.29) is 0 Å². The fourth-order valence-electron chi connectivity index (χ4n) is 3.04. The molecule has 0 saturated heterocycles. The van der Waals surface area contributed by atoms with E-state index in [0.29, 0.717) is 31.7 Å². The molecule has 34 heavy (non-hydrogen) atoms. The summed E-state index contributed by atoms with van der Waals surface area (Å²) in [6.45, 7) is 0. The van der Waals surface area contributed by atoms with Crippen molar-refractivity contribution in [1.82, 2.24) is 15.0 Å². The molecule has 3 heterocycles. The molecule has 0 radical (unpaired) electrons. The number of nitrogen functional groups attached to an aromatic ring is 1. The third-order valence-corrected chi connectivity index (χ3v) is 5.51. The van der Waals surface area contributed by atoms with E-state index in [2.05, 4.69) is 26.8 Å². The topological polar surface area (TPSA) is 67.6 Å². The molecule has 168 valence electrons. The highest BCUT2D eigenvalue weighted by molar-refractivity contribution is 6.31. The number of rotatable bonds is 1. The van der Waals surface area contributed by atoms with Crippen LogP contribution in [0.4, 0.5) is 5.69 Å². The summed E-state index contributed by atoms with van der Waals surface area (Å²) in [4.78, 5) is 11.6. The standard InChI is InChI=1S/2C13H8Cl2N2/c14-9-3-1-2-8(6-9)11-7-12-10(16-11)4-5-13(15)17-12;14-10-3-1-2-9(8-10)4-6-12-11(16)5-7-13(15)17-12/h1-7,16H;1-3,5,7-8H,16H2. The molecular weight excluding hydrogens is 510 g/mol. The maximum Gasteiger partial charge on any atom is 0.138 e. The van der Waals surface area contributed by atoms with Gasteiger partial charge in [0.25, 0.3) is 0 Å². The van der Waals surface area contributed by atoms with Crippen LogP contribution in [0.5, 0.6) is 0 Å². The number of aromatic nitrogens is 3. The van der Waals surface area contributed by atoms with E-state index in [9.17, 15) is 0 Å². The van der Waals surface area contributed by atoms with E-state index in [4.69, 9.17) is 52.1 Å². The van der Waals surface area contributed by atoms with E-state index in [1.54, 1.807) is 30.3 Å². The maximum atomic E-state index is 5.97. The van der Waals surface area contributed by atoms with Gasteiger partial charge in [-0.1, -0.05) is 70.5 Å². The smallest absolute Gasteiger partial charge is 0.138 e. The van der Waals surface area contributed by atoms with Gasteiger partial charge in [0.15, 0.2) is 0 Å². The van der Waals surface area contributed by atoms with Gasteiger partial charge in [-0.15, -0.1) is 0 Å². The van der Waals surface area contributed by atoms with Crippen LogP contribution in [0, 0.1) is 11.8 Å². The lowest BCUT2D eigenvalue weighted by Gasteiger charge is -1.97. The molecule has 0 spiro atoms. The number of pyridine rings is 2. The molecule has 2 aromatic carbocycles. The van der Waals surface area contributed by atoms with Crippen molar-refractivity contribution in [3.63, 3.8) is 0 Å². The number of benzene rings is 2. The summed E-state index contributed by atoms with van der Waals surface area (Å²) in [6.07, 6.45) is 0. The highest BCUT2D eigenvalue weighted by atomic mass is 35.5. The van der Waals surface area contributed by atoms with Gasteiger partial charge in [0.2, 0.25) is 0 Å². The Bertz CT molecular complexity index is 1530. The molecule has 0 amide bonds. The van der Waals surface area contributed by atoms with E-state index in [1.807, 2.05) is 48.5 Å². The lowest BCUT2D eigenvalue weighted by Crippen LogP contribution is -1.93. The largest absolute Gasteiger partial charge is 0.396 e. The number of hydrogen-bond acceptors (Lipinski definition) is 3. The predicted molar refractivity (Wildman–Crippen MR) is 143 cm³/mol. The van der Waals surface area contributed by atoms with Crippen molar-refractivity contribution in [1.29, 1.82) is 0 Å². The molecule has 4 nitrogen and oxygen atoms in total. The van der Waals surface area contributed by atoms with Gasteiger partial charge in [0.05, 0.1) is 16.7 Å². The molecule has 0 fully saturated rings. The molecule has 0 saturated carbocycles. The summed E-state index contributed by atoms with van der Waals surface area (Å²) >= 11 is 23.4. The first-order valence-electron chi connectivity index (χ1n) is 9.98. The summed E-state index contributed by atoms with van der Waals surface area (Å²) in [5.41, 5.74) is 11.3. The minimum atomic E-state index is 0.370. The highest BCUT2D eigenvalue weighted by Gasteiger charge is 2.05. The second-order valence-corrected chi connectivity index (χ2v) is 8.74. The third-order valence-electron chi connectivity index (χ3n) is 4.62. The van der Waals surface area contributed by atoms with Crippen molar-refractivity contribution in [3.8, 4) is 23.1 Å². The molecule has 8 heteroatoms. The molecule has 0 unspecified atom stereocenters. The average molecular weight is 526 g/mol. The summed E-state index contributed by atoms with van der Waals surface area (Å²) in [6, 6.07) is 23.9. The van der Waals surface area contributed by atoms with Gasteiger partial charge < -0.3 is 10.7 Å². The van der Waals surface area contributed by atoms with Crippen molar-refractivity contribution < 1.29 is 0 Å². The molecule has 0 aliphatic rings. The summed E-state index contributed by atoms with van der Waals surface area (Å²) in [5, 5.41) is 2.22. The number of nitrogens with one attached hydrogen (secondary N) is 1. The Morgan fingerprint density at radius 1 is 0.706 bits per heavy atom. The van der Waals surface area contributed by atoms with Crippen molar-refractivity contribution in [2.75, 3.05) is 5.73 Å². The number of nitrogens with two attached hydrogens (primary N) is 1. The van der Waals surface area contributed by atoms with Crippen molar-refractivity contribution in [2.45, 2.75) is 0 Å². The predicted octanol–water partition coefficient (Wildman–Crippen LogP) is 7.91. The van der Waals surface area contributed by atoms with Crippen LogP contribution in [0.15, 0.2) is 78.9 Å². The Morgan fingerprint density at radius 3 is 2.18 bits per heavy atom. The highest BCUT2D eigenvalue weighted by Crippen LogP contribution is 2.26. The van der Waals surface area contributed by atoms with Crippen molar-refractivity contribution in [3.05, 3.63) is 110 Å². The third kappa shape index (κ3) is 6.22. The second-order valence-electron chi connectivity index (χ2n) is 7.09. The van der Waals surface area contributed by atoms with Gasteiger partial charge in [0, 0.05) is 21.3 Å². The maximum absolute atomic E-state index is 5.97. The minimum absolute atomic E-state index is 0.370. The van der Waals surface area contributed by atoms with Gasteiger partial charge in [-0.2, -0.15) is 0 Å². The van der Waals surface area contributed by atoms with E-state index < -0.39 is 0 Å². The van der Waals surface area contributed by atoms with Gasteiger partial charge >= 0.3 is 0 Å². The lowest BCUT2D eigenvalue weighted by molar-refractivity contribution is 1.29. The van der Waals surface area contributed by atoms with Crippen LogP contribution in [0.3, 0.4) is 0 Å². The summed E-state index contributed by atoms with van der Waals surface area (Å²) in [5.74, 6) is 5.80. The van der Waals surface area contributed by atoms with Gasteiger partial charge in [0.1, 0.15) is 16.0 Å². The van der Waals surface area contributed by atoms with Crippen LogP contribution in [0.1, 0.15) is 11.3 Å². The van der Waals surface area contributed by atoms with Crippen LogP contribution in [0.2, 0.25) is 20.4 Å². The molecule has 5 rings (SSSR count). The van der Waals surface area contributed by atoms with Crippen LogP contribution in [-0.4, -0.2) is 15.0 Å². The number of H-pyrrole nitrogens is 1. The van der Waals surface area contributed by atoms with Crippen molar-refractivity contribution >= 4 is 63.1 Å². The Morgan fingerprint density at radius 2 is 1.41 bits per heavy atom. The molecule has 0 atom stereocenters. The van der Waals surface area contributed by atoms with Gasteiger partial charge in [-0.25, -0.2) is 9.97 Å². The number of aromatic amines is 1. The molecule has 5 aromatic rings.